The van der Waals surface area contributed by atoms with Crippen LogP contribution in [0.1, 0.15) is 55.6 Å². The fraction of sp³-hybridized carbons (Fsp3) is 0.424. The summed E-state index contributed by atoms with van der Waals surface area (Å²) in [6.07, 6.45) is 5.85. The van der Waals surface area contributed by atoms with Gasteiger partial charge in [-0.3, -0.25) is 9.59 Å². The van der Waals surface area contributed by atoms with Crippen LogP contribution in [0.3, 0.4) is 0 Å². The lowest BCUT2D eigenvalue weighted by Gasteiger charge is -2.29. The first-order chi connectivity index (χ1) is 21.5. The van der Waals surface area contributed by atoms with E-state index in [2.05, 4.69) is 28.9 Å². The van der Waals surface area contributed by atoms with Crippen molar-refractivity contribution in [2.75, 3.05) is 49.6 Å². The Morgan fingerprint density at radius 2 is 1.57 bits per heavy atom. The summed E-state index contributed by atoms with van der Waals surface area (Å²) >= 11 is 0. The highest BCUT2D eigenvalue weighted by molar-refractivity contribution is 6.08. The molecule has 0 unspecified atom stereocenters. The number of fused-ring (bicyclic) bond motifs is 1. The largest absolute Gasteiger partial charge is 0.497 e. The van der Waals surface area contributed by atoms with E-state index < -0.39 is 0 Å². The van der Waals surface area contributed by atoms with E-state index in [0.29, 0.717) is 36.6 Å². The molecule has 0 N–H and O–H groups in total. The standard InChI is InChI=1S/C33H40N8O3/c1-4-37(5-2)19-8-20-38-23-34-35-32(38)30-28-18-22-40(25-12-10-24(11-13-25)39-21-7-6-9-29(39)42)33(43)31(28)41(36-30)26-14-16-27(44-3)17-15-26/h10-17,23H,4-9,18-22H2,1-3H3. The number of hydrogen-bond acceptors (Lipinski definition) is 7. The Bertz CT molecular complexity index is 1600. The lowest BCUT2D eigenvalue weighted by atomic mass is 10.0. The van der Waals surface area contributed by atoms with Gasteiger partial charge in [-0.2, -0.15) is 5.10 Å². The number of carbonyl (C=O) groups is 2. The second-order valence-electron chi connectivity index (χ2n) is 11.2. The zero-order valence-corrected chi connectivity index (χ0v) is 25.8. The predicted molar refractivity (Wildman–Crippen MR) is 170 cm³/mol. The van der Waals surface area contributed by atoms with Gasteiger partial charge in [0.15, 0.2) is 5.82 Å². The van der Waals surface area contributed by atoms with E-state index in [1.54, 1.807) is 23.0 Å². The monoisotopic (exact) mass is 596 g/mol. The molecule has 1 fully saturated rings. The number of aromatic nitrogens is 5. The van der Waals surface area contributed by atoms with Crippen LogP contribution >= 0.6 is 0 Å². The lowest BCUT2D eigenvalue weighted by Crippen LogP contribution is -2.39. The van der Waals surface area contributed by atoms with Crippen molar-refractivity contribution < 1.29 is 14.3 Å². The van der Waals surface area contributed by atoms with Gasteiger partial charge in [-0.1, -0.05) is 13.8 Å². The van der Waals surface area contributed by atoms with E-state index in [-0.39, 0.29) is 11.8 Å². The first-order valence-corrected chi connectivity index (χ1v) is 15.6. The van der Waals surface area contributed by atoms with Crippen molar-refractivity contribution in [1.29, 1.82) is 0 Å². The van der Waals surface area contributed by atoms with E-state index in [9.17, 15) is 9.59 Å². The Kier molecular flexibility index (Phi) is 8.74. The Morgan fingerprint density at radius 3 is 2.25 bits per heavy atom. The van der Waals surface area contributed by atoms with Crippen LogP contribution in [0.15, 0.2) is 54.9 Å². The SMILES string of the molecule is CCN(CC)CCCn1cnnc1-c1nn(-c2ccc(OC)cc2)c2c1CCN(c1ccc(N3CCCCC3=O)cc1)C2=O. The molecule has 230 valence electrons. The highest BCUT2D eigenvalue weighted by Crippen LogP contribution is 2.34. The summed E-state index contributed by atoms with van der Waals surface area (Å²) < 4.78 is 9.14. The van der Waals surface area contributed by atoms with Gasteiger partial charge >= 0.3 is 0 Å². The normalized spacial score (nSPS) is 15.3. The average Bonchev–Trinajstić information content (AvgIpc) is 3.69. The molecule has 2 aromatic carbocycles. The van der Waals surface area contributed by atoms with Crippen molar-refractivity contribution >= 4 is 23.2 Å². The van der Waals surface area contributed by atoms with Gasteiger partial charge in [-0.15, -0.1) is 10.2 Å². The molecule has 1 saturated heterocycles. The van der Waals surface area contributed by atoms with Crippen molar-refractivity contribution in [1.82, 2.24) is 29.4 Å². The summed E-state index contributed by atoms with van der Waals surface area (Å²) in [5.74, 6) is 1.42. The highest BCUT2D eigenvalue weighted by atomic mass is 16.5. The van der Waals surface area contributed by atoms with Crippen LogP contribution in [0.2, 0.25) is 0 Å². The molecule has 2 amide bonds. The Labute approximate surface area is 258 Å². The number of ether oxygens (including phenoxy) is 1. The van der Waals surface area contributed by atoms with Crippen molar-refractivity contribution in [3.8, 4) is 23.0 Å². The van der Waals surface area contributed by atoms with Gasteiger partial charge in [-0.25, -0.2) is 4.68 Å². The number of methoxy groups -OCH3 is 1. The first kappa shape index (κ1) is 29.6. The Hall–Kier alpha value is -4.51. The molecule has 0 saturated carbocycles. The molecule has 0 radical (unpaired) electrons. The van der Waals surface area contributed by atoms with Crippen LogP contribution in [0.25, 0.3) is 17.2 Å². The van der Waals surface area contributed by atoms with Gasteiger partial charge in [0.1, 0.15) is 23.5 Å². The second-order valence-corrected chi connectivity index (χ2v) is 11.2. The predicted octanol–water partition coefficient (Wildman–Crippen LogP) is 4.59. The second kappa shape index (κ2) is 13.0. The van der Waals surface area contributed by atoms with Crippen LogP contribution in [-0.2, 0) is 17.8 Å². The van der Waals surface area contributed by atoms with Gasteiger partial charge in [-0.05, 0) is 93.8 Å². The van der Waals surface area contributed by atoms with Gasteiger partial charge in [0.05, 0.1) is 12.8 Å². The molecule has 2 aliphatic rings. The molecular formula is C33H40N8O3. The number of nitrogens with zero attached hydrogens (tertiary/aromatic N) is 8. The zero-order valence-electron chi connectivity index (χ0n) is 25.8. The van der Waals surface area contributed by atoms with Gasteiger partial charge in [0.25, 0.3) is 5.91 Å². The van der Waals surface area contributed by atoms with Crippen molar-refractivity contribution in [2.24, 2.45) is 0 Å². The molecule has 0 aliphatic carbocycles. The smallest absolute Gasteiger partial charge is 0.277 e. The summed E-state index contributed by atoms with van der Waals surface area (Å²) in [5.41, 5.74) is 4.49. The highest BCUT2D eigenvalue weighted by Gasteiger charge is 2.35. The van der Waals surface area contributed by atoms with Crippen LogP contribution < -0.4 is 14.5 Å². The molecule has 44 heavy (non-hydrogen) atoms. The maximum absolute atomic E-state index is 14.3. The lowest BCUT2D eigenvalue weighted by molar-refractivity contribution is -0.119. The molecule has 11 nitrogen and oxygen atoms in total. The van der Waals surface area contributed by atoms with Crippen molar-refractivity contribution in [3.63, 3.8) is 0 Å². The summed E-state index contributed by atoms with van der Waals surface area (Å²) in [4.78, 5) is 32.8. The average molecular weight is 597 g/mol. The zero-order chi connectivity index (χ0) is 30.6. The Morgan fingerprint density at radius 1 is 0.864 bits per heavy atom. The van der Waals surface area contributed by atoms with Crippen LogP contribution in [0.5, 0.6) is 5.75 Å². The minimum absolute atomic E-state index is 0.129. The van der Waals surface area contributed by atoms with Crippen LogP contribution in [-0.4, -0.2) is 81.1 Å². The van der Waals surface area contributed by atoms with E-state index in [1.807, 2.05) is 58.0 Å². The van der Waals surface area contributed by atoms with E-state index >= 15 is 0 Å². The minimum atomic E-state index is -0.129. The third-order valence-corrected chi connectivity index (χ3v) is 8.73. The number of piperidine rings is 1. The fourth-order valence-electron chi connectivity index (χ4n) is 6.19. The number of aryl methyl sites for hydroxylation is 1. The van der Waals surface area contributed by atoms with Crippen molar-refractivity contribution in [3.05, 3.63) is 66.1 Å². The van der Waals surface area contributed by atoms with Gasteiger partial charge in [0, 0.05) is 43.0 Å². The van der Waals surface area contributed by atoms with E-state index in [0.717, 1.165) is 80.4 Å². The molecule has 0 bridgehead atoms. The number of hydrogen-bond donors (Lipinski definition) is 0. The maximum atomic E-state index is 14.3. The number of carbonyl (C=O) groups excluding carboxylic acids is 2. The summed E-state index contributed by atoms with van der Waals surface area (Å²) in [5, 5.41) is 13.7. The van der Waals surface area contributed by atoms with Gasteiger partial charge < -0.3 is 24.0 Å². The van der Waals surface area contributed by atoms with Crippen molar-refractivity contribution in [2.45, 2.75) is 52.5 Å². The molecule has 0 atom stereocenters. The summed E-state index contributed by atoms with van der Waals surface area (Å²) in [6, 6.07) is 15.3. The third-order valence-electron chi connectivity index (χ3n) is 8.73. The quantitative estimate of drug-likeness (QED) is 0.250. The number of amides is 2. The molecule has 11 heteroatoms. The molecule has 6 rings (SSSR count). The maximum Gasteiger partial charge on any atom is 0.277 e. The third kappa shape index (κ3) is 5.71. The van der Waals surface area contributed by atoms with Crippen LogP contribution in [0.4, 0.5) is 11.4 Å². The molecular weight excluding hydrogens is 556 g/mol. The fourth-order valence-corrected chi connectivity index (χ4v) is 6.19. The summed E-state index contributed by atoms with van der Waals surface area (Å²) in [6.45, 7) is 9.37. The first-order valence-electron chi connectivity index (χ1n) is 15.6. The topological polar surface area (TPSA) is 102 Å². The Balaban J connectivity index is 1.34. The van der Waals surface area contributed by atoms with E-state index in [1.165, 1.54) is 0 Å². The number of rotatable bonds is 11. The van der Waals surface area contributed by atoms with Gasteiger partial charge in [0.2, 0.25) is 5.91 Å². The summed E-state index contributed by atoms with van der Waals surface area (Å²) in [7, 11) is 1.63. The number of anilines is 2. The minimum Gasteiger partial charge on any atom is -0.497 e. The number of benzene rings is 2. The molecule has 0 spiro atoms. The molecule has 4 aromatic rings. The molecule has 2 aromatic heterocycles. The molecule has 4 heterocycles. The van der Waals surface area contributed by atoms with E-state index in [4.69, 9.17) is 9.84 Å². The molecule has 2 aliphatic heterocycles. The van der Waals surface area contributed by atoms with Crippen LogP contribution in [0, 0.1) is 0 Å².